The lowest BCUT2D eigenvalue weighted by atomic mass is 9.92. The quantitative estimate of drug-likeness (QED) is 0.573. The Labute approximate surface area is 74.5 Å². The lowest BCUT2D eigenvalue weighted by Crippen LogP contribution is -2.15. The molecular weight excluding hydrogens is 148 g/mol. The molecule has 2 atom stereocenters. The summed E-state index contributed by atoms with van der Waals surface area (Å²) in [6.07, 6.45) is 3.99. The van der Waals surface area contributed by atoms with Crippen LogP contribution in [-0.4, -0.2) is 5.78 Å². The molecule has 0 aromatic rings. The summed E-state index contributed by atoms with van der Waals surface area (Å²) < 4.78 is 0. The van der Waals surface area contributed by atoms with Crippen molar-refractivity contribution >= 4 is 5.78 Å². The highest BCUT2D eigenvalue weighted by Crippen LogP contribution is 2.32. The molecule has 0 N–H and O–H groups in total. The van der Waals surface area contributed by atoms with Crippen LogP contribution >= 0.6 is 0 Å². The van der Waals surface area contributed by atoms with Gasteiger partial charge in [0.2, 0.25) is 0 Å². The van der Waals surface area contributed by atoms with Crippen LogP contribution in [0.1, 0.15) is 39.5 Å². The molecule has 0 spiro atoms. The van der Waals surface area contributed by atoms with Crippen LogP contribution in [-0.2, 0) is 4.79 Å². The molecule has 1 aliphatic carbocycles. The lowest BCUT2D eigenvalue weighted by molar-refractivity contribution is -0.122. The van der Waals surface area contributed by atoms with Crippen LogP contribution in [0.3, 0.4) is 0 Å². The topological polar surface area (TPSA) is 17.1 Å². The van der Waals surface area contributed by atoms with Crippen molar-refractivity contribution in [3.8, 4) is 11.8 Å². The number of ketones is 1. The summed E-state index contributed by atoms with van der Waals surface area (Å²) in [7, 11) is 0. The minimum Gasteiger partial charge on any atom is -0.298 e. The number of rotatable bonds is 2. The van der Waals surface area contributed by atoms with Crippen molar-refractivity contribution in [3.05, 3.63) is 0 Å². The lowest BCUT2D eigenvalue weighted by Gasteiger charge is -2.11. The Hall–Kier alpha value is -0.770. The van der Waals surface area contributed by atoms with Gasteiger partial charge in [-0.1, -0.05) is 19.3 Å². The number of carbonyl (C=O) groups excluding carboxylic acids is 1. The van der Waals surface area contributed by atoms with Crippen LogP contribution in [0.25, 0.3) is 0 Å². The maximum atomic E-state index is 11.5. The van der Waals surface area contributed by atoms with Crippen LogP contribution in [0.15, 0.2) is 0 Å². The largest absolute Gasteiger partial charge is 0.298 e. The number of Topliss-reactive ketones (excluding diaryl/α,β-unsaturated/α-hetero) is 1. The first-order valence-corrected chi connectivity index (χ1v) is 4.68. The Bertz CT molecular complexity index is 219. The average Bonchev–Trinajstić information content (AvgIpc) is 2.47. The van der Waals surface area contributed by atoms with Gasteiger partial charge in [0, 0.05) is 5.92 Å². The molecule has 0 saturated heterocycles. The van der Waals surface area contributed by atoms with Crippen LogP contribution < -0.4 is 0 Å². The van der Waals surface area contributed by atoms with E-state index in [2.05, 4.69) is 18.8 Å². The van der Waals surface area contributed by atoms with Crippen molar-refractivity contribution in [2.75, 3.05) is 0 Å². The third-order valence-electron chi connectivity index (χ3n) is 2.71. The molecule has 66 valence electrons. The van der Waals surface area contributed by atoms with E-state index >= 15 is 0 Å². The fraction of sp³-hybridized carbons (Fsp3) is 0.727. The first-order valence-electron chi connectivity index (χ1n) is 4.68. The minimum atomic E-state index is 0.311. The van der Waals surface area contributed by atoms with Crippen molar-refractivity contribution in [3.63, 3.8) is 0 Å². The van der Waals surface area contributed by atoms with Crippen molar-refractivity contribution < 1.29 is 4.79 Å². The Morgan fingerprint density at radius 3 is 2.75 bits per heavy atom. The molecule has 0 amide bonds. The third kappa shape index (κ3) is 2.11. The van der Waals surface area contributed by atoms with E-state index in [9.17, 15) is 4.79 Å². The molecule has 1 rings (SSSR count). The number of carbonyl (C=O) groups is 1. The molecule has 1 aliphatic rings. The van der Waals surface area contributed by atoms with E-state index in [4.69, 9.17) is 0 Å². The zero-order valence-electron chi connectivity index (χ0n) is 7.89. The molecule has 1 fully saturated rings. The molecule has 2 unspecified atom stereocenters. The fourth-order valence-electron chi connectivity index (χ4n) is 1.93. The summed E-state index contributed by atoms with van der Waals surface area (Å²) in [5.41, 5.74) is 0. The molecule has 0 aliphatic heterocycles. The summed E-state index contributed by atoms with van der Waals surface area (Å²) >= 11 is 0. The maximum absolute atomic E-state index is 11.5. The zero-order valence-corrected chi connectivity index (χ0v) is 7.89. The predicted octanol–water partition coefficient (Wildman–Crippen LogP) is 2.41. The molecule has 0 aromatic heterocycles. The molecule has 1 saturated carbocycles. The van der Waals surface area contributed by atoms with Crippen molar-refractivity contribution in [1.82, 2.24) is 0 Å². The Morgan fingerprint density at radius 1 is 1.50 bits per heavy atom. The van der Waals surface area contributed by atoms with Crippen molar-refractivity contribution in [1.29, 1.82) is 0 Å². The van der Waals surface area contributed by atoms with Gasteiger partial charge in [-0.05, 0) is 25.7 Å². The normalized spacial score (nSPS) is 27.8. The van der Waals surface area contributed by atoms with Gasteiger partial charge in [0.1, 0.15) is 5.78 Å². The molecule has 0 aromatic carbocycles. The molecular formula is C11H16O. The standard InChI is InChI=1S/C11H16O/c1-3-4-8-11(12)10-7-5-6-9(10)2/h9-10H,5-8H2,1-2H3. The molecule has 12 heavy (non-hydrogen) atoms. The van der Waals surface area contributed by atoms with E-state index in [1.807, 2.05) is 0 Å². The van der Waals surface area contributed by atoms with E-state index in [0.717, 1.165) is 6.42 Å². The van der Waals surface area contributed by atoms with Crippen molar-refractivity contribution in [2.24, 2.45) is 11.8 Å². The Kier molecular flexibility index (Phi) is 3.34. The van der Waals surface area contributed by atoms with E-state index in [1.54, 1.807) is 6.92 Å². The second kappa shape index (κ2) is 4.30. The van der Waals surface area contributed by atoms with Gasteiger partial charge in [-0.15, -0.1) is 5.92 Å². The molecule has 1 nitrogen and oxygen atoms in total. The van der Waals surface area contributed by atoms with Gasteiger partial charge in [0.15, 0.2) is 0 Å². The van der Waals surface area contributed by atoms with Gasteiger partial charge in [0.05, 0.1) is 6.42 Å². The number of hydrogen-bond donors (Lipinski definition) is 0. The van der Waals surface area contributed by atoms with Gasteiger partial charge in [-0.2, -0.15) is 0 Å². The summed E-state index contributed by atoms with van der Waals surface area (Å²) in [6.45, 7) is 3.96. The smallest absolute Gasteiger partial charge is 0.148 e. The Morgan fingerprint density at radius 2 is 2.25 bits per heavy atom. The van der Waals surface area contributed by atoms with Gasteiger partial charge < -0.3 is 0 Å². The summed E-state index contributed by atoms with van der Waals surface area (Å²) in [5.74, 6) is 6.87. The highest BCUT2D eigenvalue weighted by molar-refractivity contribution is 5.83. The van der Waals surface area contributed by atoms with Crippen LogP contribution in [0.2, 0.25) is 0 Å². The number of hydrogen-bond acceptors (Lipinski definition) is 1. The minimum absolute atomic E-state index is 0.311. The van der Waals surface area contributed by atoms with Gasteiger partial charge in [0.25, 0.3) is 0 Å². The van der Waals surface area contributed by atoms with E-state index in [-0.39, 0.29) is 0 Å². The predicted molar refractivity (Wildman–Crippen MR) is 49.6 cm³/mol. The van der Waals surface area contributed by atoms with E-state index in [0.29, 0.717) is 24.0 Å². The van der Waals surface area contributed by atoms with E-state index in [1.165, 1.54) is 12.8 Å². The summed E-state index contributed by atoms with van der Waals surface area (Å²) in [5, 5.41) is 0. The average molecular weight is 164 g/mol. The second-order valence-corrected chi connectivity index (χ2v) is 3.58. The highest BCUT2D eigenvalue weighted by atomic mass is 16.1. The van der Waals surface area contributed by atoms with Crippen LogP contribution in [0.5, 0.6) is 0 Å². The maximum Gasteiger partial charge on any atom is 0.148 e. The zero-order chi connectivity index (χ0) is 8.97. The first-order chi connectivity index (χ1) is 5.75. The van der Waals surface area contributed by atoms with Crippen LogP contribution in [0, 0.1) is 23.7 Å². The molecule has 1 heteroatoms. The Balaban J connectivity index is 2.44. The monoisotopic (exact) mass is 164 g/mol. The summed E-state index contributed by atoms with van der Waals surface area (Å²) in [4.78, 5) is 11.5. The van der Waals surface area contributed by atoms with Crippen molar-refractivity contribution in [2.45, 2.75) is 39.5 Å². The second-order valence-electron chi connectivity index (χ2n) is 3.58. The molecule has 0 radical (unpaired) electrons. The highest BCUT2D eigenvalue weighted by Gasteiger charge is 2.28. The van der Waals surface area contributed by atoms with Crippen LogP contribution in [0.4, 0.5) is 0 Å². The first kappa shape index (κ1) is 9.32. The fourth-order valence-corrected chi connectivity index (χ4v) is 1.93. The van der Waals surface area contributed by atoms with Gasteiger partial charge in [-0.3, -0.25) is 4.79 Å². The van der Waals surface area contributed by atoms with Gasteiger partial charge >= 0.3 is 0 Å². The third-order valence-corrected chi connectivity index (χ3v) is 2.71. The molecule has 0 bridgehead atoms. The van der Waals surface area contributed by atoms with Gasteiger partial charge in [-0.25, -0.2) is 0 Å². The summed E-state index contributed by atoms with van der Waals surface area (Å²) in [6, 6.07) is 0. The SMILES string of the molecule is CC#CCC(=O)C1CCCC1C. The van der Waals surface area contributed by atoms with E-state index < -0.39 is 0 Å². The molecule has 0 heterocycles.